The fourth-order valence-electron chi connectivity index (χ4n) is 8.42. The van der Waals surface area contributed by atoms with E-state index < -0.39 is 0 Å². The van der Waals surface area contributed by atoms with E-state index in [4.69, 9.17) is 19.4 Å². The van der Waals surface area contributed by atoms with Crippen LogP contribution in [0.3, 0.4) is 0 Å². The van der Waals surface area contributed by atoms with Crippen LogP contribution in [0, 0.1) is 0 Å². The average Bonchev–Trinajstić information content (AvgIpc) is 3.96. The number of hydrogen-bond acceptors (Lipinski definition) is 5. The van der Waals surface area contributed by atoms with Gasteiger partial charge in [0.2, 0.25) is 0 Å². The van der Waals surface area contributed by atoms with Gasteiger partial charge in [0.15, 0.2) is 17.5 Å². The molecule has 6 heteroatoms. The van der Waals surface area contributed by atoms with Gasteiger partial charge in [-0.3, -0.25) is 0 Å². The zero-order valence-electron chi connectivity index (χ0n) is 30.4. The summed E-state index contributed by atoms with van der Waals surface area (Å²) in [5.74, 6) is 1.80. The van der Waals surface area contributed by atoms with Crippen molar-refractivity contribution in [1.29, 1.82) is 0 Å². The predicted molar refractivity (Wildman–Crippen MR) is 236 cm³/mol. The maximum Gasteiger partial charge on any atom is 0.167 e. The van der Waals surface area contributed by atoms with Gasteiger partial charge in [-0.2, -0.15) is 0 Å². The van der Waals surface area contributed by atoms with E-state index in [9.17, 15) is 0 Å². The van der Waals surface area contributed by atoms with E-state index in [0.717, 1.165) is 55.4 Å². The summed E-state index contributed by atoms with van der Waals surface area (Å²) in [6.07, 6.45) is 0. The summed E-state index contributed by atoms with van der Waals surface area (Å²) >= 11 is 1.86. The van der Waals surface area contributed by atoms with E-state index in [2.05, 4.69) is 120 Å². The van der Waals surface area contributed by atoms with Crippen LogP contribution in [0.2, 0.25) is 0 Å². The highest BCUT2D eigenvalue weighted by molar-refractivity contribution is 7.26. The zero-order chi connectivity index (χ0) is 37.5. The summed E-state index contributed by atoms with van der Waals surface area (Å²) in [4.78, 5) is 14.9. The lowest BCUT2D eigenvalue weighted by atomic mass is 10.00. The summed E-state index contributed by atoms with van der Waals surface area (Å²) in [5, 5.41) is 7.13. The van der Waals surface area contributed by atoms with Gasteiger partial charge < -0.3 is 8.98 Å². The van der Waals surface area contributed by atoms with Crippen molar-refractivity contribution in [2.45, 2.75) is 0 Å². The monoisotopic (exact) mass is 746 g/mol. The van der Waals surface area contributed by atoms with Crippen molar-refractivity contribution in [2.75, 3.05) is 0 Å². The molecule has 0 saturated heterocycles. The lowest BCUT2D eigenvalue weighted by Gasteiger charge is -2.09. The molecule has 0 N–H and O–H groups in total. The molecule has 0 bridgehead atoms. The van der Waals surface area contributed by atoms with Gasteiger partial charge in [-0.1, -0.05) is 127 Å². The minimum atomic E-state index is 0.570. The van der Waals surface area contributed by atoms with Crippen LogP contribution in [0.1, 0.15) is 0 Å². The lowest BCUT2D eigenvalue weighted by Crippen LogP contribution is -2.00. The van der Waals surface area contributed by atoms with Crippen molar-refractivity contribution < 1.29 is 4.42 Å². The fraction of sp³-hybridized carbons (Fsp3) is 0. The van der Waals surface area contributed by atoms with Crippen molar-refractivity contribution in [1.82, 2.24) is 19.5 Å². The standard InChI is InChI=1S/C51H30N4OS/c1-4-13-31(14-5-1)49-52-50(32-15-6-2-7-16-32)54-51(53-49)39-21-12-20-37-41-30-34(24-27-43(41)56-48(37)39)33-23-26-42-40(29-33)36-25-28-45-46(38-19-10-11-22-44(38)57-45)47(36)55(42)35-17-8-3-9-18-35/h1-30H. The number of aromatic nitrogens is 4. The first kappa shape index (κ1) is 31.9. The molecule has 0 aliphatic rings. The van der Waals surface area contributed by atoms with E-state index in [-0.39, 0.29) is 0 Å². The quantitative estimate of drug-likeness (QED) is 0.176. The van der Waals surface area contributed by atoms with Gasteiger partial charge in [-0.05, 0) is 65.7 Å². The topological polar surface area (TPSA) is 56.7 Å². The third-order valence-corrected chi connectivity index (χ3v) is 12.2. The highest BCUT2D eigenvalue weighted by Gasteiger charge is 2.21. The van der Waals surface area contributed by atoms with Gasteiger partial charge in [0.1, 0.15) is 11.2 Å². The van der Waals surface area contributed by atoms with Gasteiger partial charge in [-0.25, -0.2) is 15.0 Å². The van der Waals surface area contributed by atoms with Crippen molar-refractivity contribution in [3.63, 3.8) is 0 Å². The maximum atomic E-state index is 6.67. The predicted octanol–water partition coefficient (Wildman–Crippen LogP) is 13.9. The molecule has 12 rings (SSSR count). The van der Waals surface area contributed by atoms with Gasteiger partial charge in [0.05, 0.1) is 16.6 Å². The van der Waals surface area contributed by atoms with Crippen LogP contribution in [-0.2, 0) is 0 Å². The molecule has 0 aliphatic carbocycles. The minimum absolute atomic E-state index is 0.570. The van der Waals surface area contributed by atoms with E-state index >= 15 is 0 Å². The third kappa shape index (κ3) is 5.04. The molecule has 57 heavy (non-hydrogen) atoms. The molecule has 266 valence electrons. The normalized spacial score (nSPS) is 11.9. The van der Waals surface area contributed by atoms with Crippen molar-refractivity contribution in [2.24, 2.45) is 0 Å². The second-order valence-corrected chi connectivity index (χ2v) is 15.5. The number of hydrogen-bond donors (Lipinski definition) is 0. The van der Waals surface area contributed by atoms with Crippen LogP contribution < -0.4 is 0 Å². The first-order valence-electron chi connectivity index (χ1n) is 19.0. The number of para-hydroxylation sites is 2. The molecule has 5 nitrogen and oxygen atoms in total. The van der Waals surface area contributed by atoms with Crippen LogP contribution in [0.25, 0.3) is 115 Å². The Labute approximate surface area is 330 Å². The maximum absolute atomic E-state index is 6.67. The smallest absolute Gasteiger partial charge is 0.167 e. The summed E-state index contributed by atoms with van der Waals surface area (Å²) < 4.78 is 11.7. The summed E-state index contributed by atoms with van der Waals surface area (Å²) in [5.41, 5.74) is 10.1. The second-order valence-electron chi connectivity index (χ2n) is 14.4. The number of rotatable bonds is 5. The highest BCUT2D eigenvalue weighted by atomic mass is 32.1. The Hall–Kier alpha value is -7.41. The summed E-state index contributed by atoms with van der Waals surface area (Å²) in [7, 11) is 0. The average molecular weight is 747 g/mol. The molecule has 0 spiro atoms. The van der Waals surface area contributed by atoms with Gasteiger partial charge in [0.25, 0.3) is 0 Å². The largest absolute Gasteiger partial charge is 0.455 e. The second kappa shape index (κ2) is 12.6. The number of nitrogens with zero attached hydrogens (tertiary/aromatic N) is 4. The number of benzene rings is 8. The molecule has 4 heterocycles. The summed E-state index contributed by atoms with van der Waals surface area (Å²) in [6.45, 7) is 0. The van der Waals surface area contributed by atoms with E-state index in [0.29, 0.717) is 17.5 Å². The molecule has 0 aliphatic heterocycles. The van der Waals surface area contributed by atoms with Crippen LogP contribution in [0.15, 0.2) is 186 Å². The molecule has 0 fully saturated rings. The van der Waals surface area contributed by atoms with E-state index in [1.165, 1.54) is 42.0 Å². The molecule has 0 atom stereocenters. The molecule has 4 aromatic heterocycles. The molecular weight excluding hydrogens is 717 g/mol. The Balaban J connectivity index is 1.03. The van der Waals surface area contributed by atoms with Crippen LogP contribution in [0.4, 0.5) is 0 Å². The van der Waals surface area contributed by atoms with Crippen molar-refractivity contribution >= 4 is 75.3 Å². The van der Waals surface area contributed by atoms with Gasteiger partial charge >= 0.3 is 0 Å². The van der Waals surface area contributed by atoms with Crippen molar-refractivity contribution in [3.8, 4) is 51.0 Å². The molecule has 0 amide bonds. The number of furan rings is 1. The minimum Gasteiger partial charge on any atom is -0.455 e. The molecule has 8 aromatic carbocycles. The summed E-state index contributed by atoms with van der Waals surface area (Å²) in [6, 6.07) is 63.8. The van der Waals surface area contributed by atoms with Crippen molar-refractivity contribution in [3.05, 3.63) is 182 Å². The number of thiophene rings is 1. The molecular formula is C51H30N4OS. The Morgan fingerprint density at radius 1 is 0.421 bits per heavy atom. The zero-order valence-corrected chi connectivity index (χ0v) is 31.2. The van der Waals surface area contributed by atoms with Gasteiger partial charge in [0, 0.05) is 58.5 Å². The van der Waals surface area contributed by atoms with E-state index in [1.54, 1.807) is 0 Å². The molecule has 0 saturated carbocycles. The number of fused-ring (bicyclic) bond motifs is 10. The molecule has 0 unspecified atom stereocenters. The first-order chi connectivity index (χ1) is 28.2. The third-order valence-electron chi connectivity index (χ3n) is 11.1. The fourth-order valence-corrected chi connectivity index (χ4v) is 9.53. The lowest BCUT2D eigenvalue weighted by molar-refractivity contribution is 0.669. The van der Waals surface area contributed by atoms with Crippen LogP contribution in [0.5, 0.6) is 0 Å². The molecule has 12 aromatic rings. The van der Waals surface area contributed by atoms with Gasteiger partial charge in [-0.15, -0.1) is 11.3 Å². The van der Waals surface area contributed by atoms with Crippen LogP contribution >= 0.6 is 11.3 Å². The first-order valence-corrected chi connectivity index (χ1v) is 19.8. The Morgan fingerprint density at radius 2 is 1.05 bits per heavy atom. The van der Waals surface area contributed by atoms with Crippen LogP contribution in [-0.4, -0.2) is 19.5 Å². The van der Waals surface area contributed by atoms with E-state index in [1.807, 2.05) is 78.1 Å². The Bertz CT molecular complexity index is 3460. The SMILES string of the molecule is c1ccc(-c2nc(-c3ccccc3)nc(-c3cccc4c3oc3ccc(-c5ccc6c(c5)c5ccc7sc8ccccc8c7c5n6-c5ccccc5)cc34)n2)cc1. The highest BCUT2D eigenvalue weighted by Crippen LogP contribution is 2.44. The Kier molecular flexibility index (Phi) is 7.03. The molecule has 0 radical (unpaired) electrons. The Morgan fingerprint density at radius 3 is 1.81 bits per heavy atom.